The molecular weight excluding hydrogens is 214 g/mol. The zero-order valence-electron chi connectivity index (χ0n) is 9.55. The van der Waals surface area contributed by atoms with Crippen LogP contribution in [-0.4, -0.2) is 16.1 Å². The van der Waals surface area contributed by atoms with Gasteiger partial charge in [0.15, 0.2) is 0 Å². The molecule has 2 aromatic rings. The van der Waals surface area contributed by atoms with Crippen molar-refractivity contribution in [1.29, 1.82) is 0 Å². The average Bonchev–Trinajstić information content (AvgIpc) is 2.29. The second-order valence-electron chi connectivity index (χ2n) is 3.93. The first-order valence-corrected chi connectivity index (χ1v) is 5.39. The molecule has 0 aliphatic rings. The van der Waals surface area contributed by atoms with Gasteiger partial charge in [0, 0.05) is 11.8 Å². The largest absolute Gasteiger partial charge is 0.481 e. The topological polar surface area (TPSA) is 50.2 Å². The van der Waals surface area contributed by atoms with Gasteiger partial charge in [0.1, 0.15) is 0 Å². The predicted octanol–water partition coefficient (Wildman–Crippen LogP) is 2.68. The summed E-state index contributed by atoms with van der Waals surface area (Å²) in [6.45, 7) is 1.97. The van der Waals surface area contributed by atoms with E-state index in [1.165, 1.54) is 0 Å². The van der Waals surface area contributed by atoms with Gasteiger partial charge in [-0.1, -0.05) is 30.3 Å². The van der Waals surface area contributed by atoms with E-state index in [2.05, 4.69) is 4.98 Å². The Kier molecular flexibility index (Phi) is 3.19. The van der Waals surface area contributed by atoms with Crippen LogP contribution in [0.1, 0.15) is 11.3 Å². The Morgan fingerprint density at radius 1 is 1.29 bits per heavy atom. The van der Waals surface area contributed by atoms with Crippen LogP contribution in [0, 0.1) is 6.92 Å². The van der Waals surface area contributed by atoms with Crippen molar-refractivity contribution in [1.82, 2.24) is 4.98 Å². The number of benzene rings is 1. The molecular formula is C14H13NO2. The molecule has 17 heavy (non-hydrogen) atoms. The van der Waals surface area contributed by atoms with Crippen molar-refractivity contribution in [3.05, 3.63) is 53.9 Å². The van der Waals surface area contributed by atoms with Crippen LogP contribution in [-0.2, 0) is 11.2 Å². The van der Waals surface area contributed by atoms with Crippen molar-refractivity contribution in [2.24, 2.45) is 0 Å². The fourth-order valence-corrected chi connectivity index (χ4v) is 1.79. The molecule has 0 amide bonds. The highest BCUT2D eigenvalue weighted by Gasteiger charge is 2.06. The molecule has 1 heterocycles. The Morgan fingerprint density at radius 3 is 2.59 bits per heavy atom. The third kappa shape index (κ3) is 2.69. The summed E-state index contributed by atoms with van der Waals surface area (Å²) in [7, 11) is 0. The number of nitrogens with zero attached hydrogens (tertiary/aromatic N) is 1. The third-order valence-corrected chi connectivity index (χ3v) is 2.58. The number of aryl methyl sites for hydroxylation is 1. The van der Waals surface area contributed by atoms with Crippen LogP contribution >= 0.6 is 0 Å². The van der Waals surface area contributed by atoms with E-state index in [-0.39, 0.29) is 6.42 Å². The van der Waals surface area contributed by atoms with Crippen molar-refractivity contribution >= 4 is 5.97 Å². The van der Waals surface area contributed by atoms with Gasteiger partial charge in [-0.15, -0.1) is 0 Å². The first kappa shape index (κ1) is 11.3. The molecule has 0 fully saturated rings. The van der Waals surface area contributed by atoms with Crippen molar-refractivity contribution in [2.45, 2.75) is 13.3 Å². The summed E-state index contributed by atoms with van der Waals surface area (Å²) in [6, 6.07) is 11.8. The Balaban J connectivity index is 2.35. The zero-order valence-corrected chi connectivity index (χ0v) is 9.55. The van der Waals surface area contributed by atoms with Crippen LogP contribution in [0.5, 0.6) is 0 Å². The SMILES string of the molecule is Cc1cc(CC(=O)O)ncc1-c1ccccc1. The standard InChI is InChI=1S/C14H13NO2/c1-10-7-12(8-14(16)17)15-9-13(10)11-5-3-2-4-6-11/h2-7,9H,8H2,1H3,(H,16,17). The monoisotopic (exact) mass is 227 g/mol. The van der Waals surface area contributed by atoms with E-state index in [1.54, 1.807) is 6.20 Å². The van der Waals surface area contributed by atoms with Gasteiger partial charge in [0.2, 0.25) is 0 Å². The number of aliphatic carboxylic acids is 1. The maximum absolute atomic E-state index is 10.6. The fraction of sp³-hybridized carbons (Fsp3) is 0.143. The summed E-state index contributed by atoms with van der Waals surface area (Å²) in [4.78, 5) is 14.8. The minimum absolute atomic E-state index is 0.0318. The molecule has 86 valence electrons. The van der Waals surface area contributed by atoms with Gasteiger partial charge in [-0.05, 0) is 24.1 Å². The number of pyridine rings is 1. The van der Waals surface area contributed by atoms with Gasteiger partial charge >= 0.3 is 5.97 Å². The molecule has 0 unspecified atom stereocenters. The first-order chi connectivity index (χ1) is 8.16. The lowest BCUT2D eigenvalue weighted by atomic mass is 10.0. The Morgan fingerprint density at radius 2 is 2.00 bits per heavy atom. The molecule has 3 heteroatoms. The lowest BCUT2D eigenvalue weighted by Gasteiger charge is -2.06. The highest BCUT2D eigenvalue weighted by Crippen LogP contribution is 2.22. The zero-order chi connectivity index (χ0) is 12.3. The number of hydrogen-bond donors (Lipinski definition) is 1. The molecule has 0 spiro atoms. The van der Waals surface area contributed by atoms with E-state index < -0.39 is 5.97 Å². The molecule has 0 aliphatic heterocycles. The van der Waals surface area contributed by atoms with Gasteiger partial charge in [-0.2, -0.15) is 0 Å². The minimum atomic E-state index is -0.857. The number of carbonyl (C=O) groups is 1. The molecule has 1 N–H and O–H groups in total. The third-order valence-electron chi connectivity index (χ3n) is 2.58. The Labute approximate surface area is 99.8 Å². The predicted molar refractivity (Wildman–Crippen MR) is 65.7 cm³/mol. The van der Waals surface area contributed by atoms with Crippen molar-refractivity contribution in [3.63, 3.8) is 0 Å². The number of carboxylic acid groups (broad SMARTS) is 1. The van der Waals surface area contributed by atoms with Gasteiger partial charge in [-0.25, -0.2) is 0 Å². The number of carboxylic acids is 1. The summed E-state index contributed by atoms with van der Waals surface area (Å²) in [5.41, 5.74) is 3.77. The maximum atomic E-state index is 10.6. The highest BCUT2D eigenvalue weighted by atomic mass is 16.4. The van der Waals surface area contributed by atoms with E-state index in [0.29, 0.717) is 5.69 Å². The molecule has 0 saturated heterocycles. The molecule has 3 nitrogen and oxygen atoms in total. The molecule has 0 bridgehead atoms. The van der Waals surface area contributed by atoms with Crippen LogP contribution in [0.15, 0.2) is 42.6 Å². The van der Waals surface area contributed by atoms with Crippen molar-refractivity contribution in [2.75, 3.05) is 0 Å². The minimum Gasteiger partial charge on any atom is -0.481 e. The van der Waals surface area contributed by atoms with Crippen LogP contribution in [0.2, 0.25) is 0 Å². The summed E-state index contributed by atoms with van der Waals surface area (Å²) >= 11 is 0. The van der Waals surface area contributed by atoms with E-state index in [0.717, 1.165) is 16.7 Å². The second-order valence-corrected chi connectivity index (χ2v) is 3.93. The molecule has 0 radical (unpaired) electrons. The van der Waals surface area contributed by atoms with Crippen molar-refractivity contribution in [3.8, 4) is 11.1 Å². The lowest BCUT2D eigenvalue weighted by molar-refractivity contribution is -0.136. The summed E-state index contributed by atoms with van der Waals surface area (Å²) < 4.78 is 0. The molecule has 2 rings (SSSR count). The van der Waals surface area contributed by atoms with Gasteiger partial charge in [0.25, 0.3) is 0 Å². The second kappa shape index (κ2) is 4.78. The number of aromatic nitrogens is 1. The van der Waals surface area contributed by atoms with Gasteiger partial charge in [0.05, 0.1) is 12.1 Å². The van der Waals surface area contributed by atoms with Gasteiger partial charge < -0.3 is 5.11 Å². The summed E-state index contributed by atoms with van der Waals surface area (Å²) in [5, 5.41) is 8.70. The normalized spacial score (nSPS) is 10.2. The smallest absolute Gasteiger partial charge is 0.309 e. The summed E-state index contributed by atoms with van der Waals surface area (Å²) in [5.74, 6) is -0.857. The number of rotatable bonds is 3. The van der Waals surface area contributed by atoms with Crippen LogP contribution in [0.4, 0.5) is 0 Å². The van der Waals surface area contributed by atoms with E-state index in [1.807, 2.05) is 43.3 Å². The van der Waals surface area contributed by atoms with Crippen LogP contribution in [0.25, 0.3) is 11.1 Å². The first-order valence-electron chi connectivity index (χ1n) is 5.39. The van der Waals surface area contributed by atoms with Crippen LogP contribution in [0.3, 0.4) is 0 Å². The Hall–Kier alpha value is -2.16. The molecule has 0 saturated carbocycles. The van der Waals surface area contributed by atoms with E-state index >= 15 is 0 Å². The molecule has 1 aromatic heterocycles. The lowest BCUT2D eigenvalue weighted by Crippen LogP contribution is -2.02. The van der Waals surface area contributed by atoms with Gasteiger partial charge in [-0.3, -0.25) is 9.78 Å². The quantitative estimate of drug-likeness (QED) is 0.877. The van der Waals surface area contributed by atoms with Crippen LogP contribution < -0.4 is 0 Å². The van der Waals surface area contributed by atoms with Crippen molar-refractivity contribution < 1.29 is 9.90 Å². The molecule has 0 aliphatic carbocycles. The average molecular weight is 227 g/mol. The fourth-order valence-electron chi connectivity index (χ4n) is 1.79. The highest BCUT2D eigenvalue weighted by molar-refractivity contribution is 5.71. The summed E-state index contributed by atoms with van der Waals surface area (Å²) in [6.07, 6.45) is 1.71. The van der Waals surface area contributed by atoms with E-state index in [9.17, 15) is 4.79 Å². The molecule has 1 aromatic carbocycles. The number of hydrogen-bond acceptors (Lipinski definition) is 2. The Bertz CT molecular complexity index is 535. The maximum Gasteiger partial charge on any atom is 0.309 e. The molecule has 0 atom stereocenters. The van der Waals surface area contributed by atoms with E-state index in [4.69, 9.17) is 5.11 Å².